The monoisotopic (exact) mass is 214 g/mol. The quantitative estimate of drug-likeness (QED) is 0.577. The van der Waals surface area contributed by atoms with Crippen molar-refractivity contribution in [2.45, 2.75) is 52.4 Å². The molecule has 0 rings (SSSR count). The summed E-state index contributed by atoms with van der Waals surface area (Å²) in [7, 11) is 0. The third kappa shape index (κ3) is 8.43. The first-order chi connectivity index (χ1) is 7.22. The predicted molar refractivity (Wildman–Crippen MR) is 64.6 cm³/mol. The molecule has 15 heavy (non-hydrogen) atoms. The number of hydrogen-bond acceptors (Lipinski definition) is 2. The SMILES string of the molecule is CCCC(C)C(=O)NCCCCCCN. The fraction of sp³-hybridized carbons (Fsp3) is 0.917. The van der Waals surface area contributed by atoms with Crippen LogP contribution in [0.4, 0.5) is 0 Å². The van der Waals surface area contributed by atoms with Gasteiger partial charge < -0.3 is 11.1 Å². The Labute approximate surface area is 93.8 Å². The Morgan fingerprint density at radius 2 is 1.93 bits per heavy atom. The number of amides is 1. The van der Waals surface area contributed by atoms with Crippen LogP contribution in [0, 0.1) is 5.92 Å². The molecule has 0 saturated carbocycles. The molecule has 1 atom stereocenters. The number of nitrogens with two attached hydrogens (primary N) is 1. The molecule has 0 aromatic heterocycles. The Bertz CT molecular complexity index is 160. The average Bonchev–Trinajstić information content (AvgIpc) is 2.23. The van der Waals surface area contributed by atoms with Crippen molar-refractivity contribution in [2.24, 2.45) is 11.7 Å². The highest BCUT2D eigenvalue weighted by Gasteiger charge is 2.09. The Morgan fingerprint density at radius 1 is 1.27 bits per heavy atom. The van der Waals surface area contributed by atoms with E-state index in [4.69, 9.17) is 5.73 Å². The van der Waals surface area contributed by atoms with E-state index in [1.165, 1.54) is 12.8 Å². The number of carbonyl (C=O) groups excluding carboxylic acids is 1. The fourth-order valence-electron chi connectivity index (χ4n) is 1.57. The van der Waals surface area contributed by atoms with Crippen LogP contribution in [0.2, 0.25) is 0 Å². The lowest BCUT2D eigenvalue weighted by Crippen LogP contribution is -2.29. The molecular formula is C12H26N2O. The maximum Gasteiger partial charge on any atom is 0.222 e. The Hall–Kier alpha value is -0.570. The summed E-state index contributed by atoms with van der Waals surface area (Å²) in [6.07, 6.45) is 6.57. The molecule has 0 aliphatic carbocycles. The van der Waals surface area contributed by atoms with E-state index in [1.807, 2.05) is 6.92 Å². The lowest BCUT2D eigenvalue weighted by atomic mass is 10.1. The molecule has 0 aromatic rings. The predicted octanol–water partition coefficient (Wildman–Crippen LogP) is 2.06. The molecule has 0 aliphatic rings. The third-order valence-electron chi connectivity index (χ3n) is 2.60. The zero-order chi connectivity index (χ0) is 11.5. The van der Waals surface area contributed by atoms with Crippen molar-refractivity contribution in [1.29, 1.82) is 0 Å². The summed E-state index contributed by atoms with van der Waals surface area (Å²) < 4.78 is 0. The minimum Gasteiger partial charge on any atom is -0.356 e. The molecule has 1 amide bonds. The van der Waals surface area contributed by atoms with E-state index in [0.717, 1.165) is 38.8 Å². The van der Waals surface area contributed by atoms with Gasteiger partial charge in [0.2, 0.25) is 5.91 Å². The molecule has 0 radical (unpaired) electrons. The summed E-state index contributed by atoms with van der Waals surface area (Å²) in [6, 6.07) is 0. The van der Waals surface area contributed by atoms with Gasteiger partial charge in [0.15, 0.2) is 0 Å². The molecule has 0 aromatic carbocycles. The summed E-state index contributed by atoms with van der Waals surface area (Å²) >= 11 is 0. The highest BCUT2D eigenvalue weighted by molar-refractivity contribution is 5.78. The van der Waals surface area contributed by atoms with Crippen molar-refractivity contribution in [1.82, 2.24) is 5.32 Å². The molecule has 90 valence electrons. The van der Waals surface area contributed by atoms with Gasteiger partial charge in [0, 0.05) is 12.5 Å². The van der Waals surface area contributed by atoms with E-state index in [2.05, 4.69) is 12.2 Å². The van der Waals surface area contributed by atoms with Crippen LogP contribution in [-0.4, -0.2) is 19.0 Å². The molecule has 0 bridgehead atoms. The largest absolute Gasteiger partial charge is 0.356 e. The molecule has 1 unspecified atom stereocenters. The molecule has 0 heterocycles. The van der Waals surface area contributed by atoms with Gasteiger partial charge in [-0.2, -0.15) is 0 Å². The average molecular weight is 214 g/mol. The minimum atomic E-state index is 0.166. The maximum absolute atomic E-state index is 11.5. The topological polar surface area (TPSA) is 55.1 Å². The van der Waals surface area contributed by atoms with Crippen molar-refractivity contribution in [3.05, 3.63) is 0 Å². The fourth-order valence-corrected chi connectivity index (χ4v) is 1.57. The van der Waals surface area contributed by atoms with E-state index >= 15 is 0 Å². The zero-order valence-corrected chi connectivity index (χ0v) is 10.2. The number of hydrogen-bond donors (Lipinski definition) is 2. The van der Waals surface area contributed by atoms with Gasteiger partial charge in [-0.15, -0.1) is 0 Å². The second kappa shape index (κ2) is 9.97. The first-order valence-electron chi connectivity index (χ1n) is 6.20. The Morgan fingerprint density at radius 3 is 2.53 bits per heavy atom. The highest BCUT2D eigenvalue weighted by Crippen LogP contribution is 2.04. The normalized spacial score (nSPS) is 12.5. The summed E-state index contributed by atoms with van der Waals surface area (Å²) in [5.41, 5.74) is 5.39. The van der Waals surface area contributed by atoms with Crippen LogP contribution < -0.4 is 11.1 Å². The third-order valence-corrected chi connectivity index (χ3v) is 2.60. The summed E-state index contributed by atoms with van der Waals surface area (Å²) in [4.78, 5) is 11.5. The van der Waals surface area contributed by atoms with Gasteiger partial charge in [0.05, 0.1) is 0 Å². The van der Waals surface area contributed by atoms with Gasteiger partial charge >= 0.3 is 0 Å². The standard InChI is InChI=1S/C12H26N2O/c1-3-8-11(2)12(15)14-10-7-5-4-6-9-13/h11H,3-10,13H2,1-2H3,(H,14,15). The maximum atomic E-state index is 11.5. The van der Waals surface area contributed by atoms with E-state index in [1.54, 1.807) is 0 Å². The van der Waals surface area contributed by atoms with E-state index < -0.39 is 0 Å². The molecule has 3 N–H and O–H groups in total. The van der Waals surface area contributed by atoms with Crippen LogP contribution in [0.15, 0.2) is 0 Å². The Kier molecular flexibility index (Phi) is 9.59. The van der Waals surface area contributed by atoms with Crippen molar-refractivity contribution >= 4 is 5.91 Å². The van der Waals surface area contributed by atoms with Crippen molar-refractivity contribution in [3.8, 4) is 0 Å². The number of nitrogens with one attached hydrogen (secondary N) is 1. The second-order valence-corrected chi connectivity index (χ2v) is 4.18. The number of carbonyl (C=O) groups is 1. The summed E-state index contributed by atoms with van der Waals surface area (Å²) in [6.45, 7) is 5.70. The lowest BCUT2D eigenvalue weighted by Gasteiger charge is -2.10. The van der Waals surface area contributed by atoms with E-state index in [0.29, 0.717) is 0 Å². The number of rotatable bonds is 9. The number of unbranched alkanes of at least 4 members (excludes halogenated alkanes) is 3. The van der Waals surface area contributed by atoms with E-state index in [9.17, 15) is 4.79 Å². The van der Waals surface area contributed by atoms with Crippen LogP contribution in [-0.2, 0) is 4.79 Å². The minimum absolute atomic E-state index is 0.166. The highest BCUT2D eigenvalue weighted by atomic mass is 16.1. The molecule has 3 nitrogen and oxygen atoms in total. The first-order valence-corrected chi connectivity index (χ1v) is 6.20. The zero-order valence-electron chi connectivity index (χ0n) is 10.2. The van der Waals surface area contributed by atoms with Gasteiger partial charge in [-0.25, -0.2) is 0 Å². The second-order valence-electron chi connectivity index (χ2n) is 4.18. The van der Waals surface area contributed by atoms with Gasteiger partial charge in [0.1, 0.15) is 0 Å². The van der Waals surface area contributed by atoms with Crippen LogP contribution in [0.1, 0.15) is 52.4 Å². The van der Waals surface area contributed by atoms with Crippen LogP contribution >= 0.6 is 0 Å². The van der Waals surface area contributed by atoms with Crippen molar-refractivity contribution < 1.29 is 4.79 Å². The molecule has 0 fully saturated rings. The van der Waals surface area contributed by atoms with Gasteiger partial charge in [-0.05, 0) is 25.8 Å². The Balaban J connectivity index is 3.30. The lowest BCUT2D eigenvalue weighted by molar-refractivity contribution is -0.124. The molecular weight excluding hydrogens is 188 g/mol. The van der Waals surface area contributed by atoms with Crippen LogP contribution in [0.5, 0.6) is 0 Å². The summed E-state index contributed by atoms with van der Waals surface area (Å²) in [5.74, 6) is 0.370. The van der Waals surface area contributed by atoms with Gasteiger partial charge in [-0.3, -0.25) is 4.79 Å². The molecule has 0 aliphatic heterocycles. The molecule has 0 spiro atoms. The molecule has 0 saturated heterocycles. The van der Waals surface area contributed by atoms with Crippen molar-refractivity contribution in [2.75, 3.05) is 13.1 Å². The smallest absolute Gasteiger partial charge is 0.222 e. The first kappa shape index (κ1) is 14.4. The van der Waals surface area contributed by atoms with E-state index in [-0.39, 0.29) is 11.8 Å². The van der Waals surface area contributed by atoms with Crippen LogP contribution in [0.3, 0.4) is 0 Å². The van der Waals surface area contributed by atoms with Gasteiger partial charge in [0.25, 0.3) is 0 Å². The molecule has 3 heteroatoms. The van der Waals surface area contributed by atoms with Gasteiger partial charge in [-0.1, -0.05) is 33.1 Å². The summed E-state index contributed by atoms with van der Waals surface area (Å²) in [5, 5.41) is 2.97. The van der Waals surface area contributed by atoms with Crippen LogP contribution in [0.25, 0.3) is 0 Å². The van der Waals surface area contributed by atoms with Crippen molar-refractivity contribution in [3.63, 3.8) is 0 Å².